The van der Waals surface area contributed by atoms with Crippen LogP contribution in [0, 0.1) is 0 Å². The molecule has 1 aromatic rings. The summed E-state index contributed by atoms with van der Waals surface area (Å²) in [6.07, 6.45) is 7.03. The summed E-state index contributed by atoms with van der Waals surface area (Å²) in [5, 5.41) is 2.93. The van der Waals surface area contributed by atoms with Gasteiger partial charge in [-0.2, -0.15) is 0 Å². The van der Waals surface area contributed by atoms with Crippen molar-refractivity contribution in [3.8, 4) is 11.5 Å². The number of benzene rings is 1. The minimum Gasteiger partial charge on any atom is -0.493 e. The summed E-state index contributed by atoms with van der Waals surface area (Å²) in [7, 11) is 3.42. The fourth-order valence-electron chi connectivity index (χ4n) is 3.43. The lowest BCUT2D eigenvalue weighted by molar-refractivity contribution is 0.0894. The zero-order valence-corrected chi connectivity index (χ0v) is 15.1. The van der Waals surface area contributed by atoms with Crippen LogP contribution in [-0.2, 0) is 4.74 Å². The highest BCUT2D eigenvalue weighted by molar-refractivity contribution is 5.89. The number of hydrogen-bond acceptors (Lipinski definition) is 4. The van der Waals surface area contributed by atoms with Crippen LogP contribution in [0.2, 0.25) is 0 Å². The first-order chi connectivity index (χ1) is 12.2. The Morgan fingerprint density at radius 3 is 2.72 bits per heavy atom. The number of likely N-dealkylation sites (N-methyl/N-ethyl adjacent to an activating group) is 1. The average Bonchev–Trinajstić information content (AvgIpc) is 3.29. The molecule has 25 heavy (non-hydrogen) atoms. The van der Waals surface area contributed by atoms with Gasteiger partial charge in [-0.25, -0.2) is 4.79 Å². The number of ether oxygens (including phenoxy) is 3. The van der Waals surface area contributed by atoms with E-state index in [1.807, 2.05) is 18.2 Å². The van der Waals surface area contributed by atoms with Crippen molar-refractivity contribution in [2.75, 3.05) is 32.6 Å². The molecule has 1 aromatic carbocycles. The van der Waals surface area contributed by atoms with Gasteiger partial charge >= 0.3 is 6.03 Å². The minimum atomic E-state index is -0.146. The van der Waals surface area contributed by atoms with Gasteiger partial charge in [0.05, 0.1) is 19.3 Å². The molecule has 1 heterocycles. The van der Waals surface area contributed by atoms with Gasteiger partial charge in [-0.1, -0.05) is 0 Å². The van der Waals surface area contributed by atoms with E-state index in [1.54, 1.807) is 19.1 Å². The molecule has 1 aliphatic heterocycles. The number of carbonyl (C=O) groups excluding carboxylic acids is 1. The van der Waals surface area contributed by atoms with Crippen LogP contribution >= 0.6 is 0 Å². The number of anilines is 1. The van der Waals surface area contributed by atoms with Crippen LogP contribution in [0.5, 0.6) is 11.5 Å². The molecular weight excluding hydrogens is 320 g/mol. The maximum absolute atomic E-state index is 12.4. The van der Waals surface area contributed by atoms with Crippen LogP contribution in [0.25, 0.3) is 0 Å². The number of urea groups is 1. The Balaban J connectivity index is 1.61. The number of carbonyl (C=O) groups is 1. The molecule has 2 amide bonds. The van der Waals surface area contributed by atoms with E-state index in [4.69, 9.17) is 14.2 Å². The fraction of sp³-hybridized carbons (Fsp3) is 0.632. The maximum atomic E-state index is 12.4. The van der Waals surface area contributed by atoms with Crippen molar-refractivity contribution in [1.82, 2.24) is 4.90 Å². The number of hydrogen-bond donors (Lipinski definition) is 1. The van der Waals surface area contributed by atoms with Gasteiger partial charge in [0, 0.05) is 32.0 Å². The Labute approximate surface area is 149 Å². The Kier molecular flexibility index (Phi) is 6.02. The maximum Gasteiger partial charge on any atom is 0.321 e. The van der Waals surface area contributed by atoms with Crippen LogP contribution in [0.15, 0.2) is 18.2 Å². The number of methoxy groups -OCH3 is 1. The monoisotopic (exact) mass is 348 g/mol. The molecule has 138 valence electrons. The predicted octanol–water partition coefficient (Wildman–Crippen LogP) is 3.66. The summed E-state index contributed by atoms with van der Waals surface area (Å²) in [6.45, 7) is 1.40. The summed E-state index contributed by atoms with van der Waals surface area (Å²) in [4.78, 5) is 14.1. The van der Waals surface area contributed by atoms with E-state index in [1.165, 1.54) is 12.8 Å². The predicted molar refractivity (Wildman–Crippen MR) is 96.5 cm³/mol. The van der Waals surface area contributed by atoms with E-state index >= 15 is 0 Å². The zero-order chi connectivity index (χ0) is 17.6. The topological polar surface area (TPSA) is 60.0 Å². The molecule has 2 aliphatic rings. The van der Waals surface area contributed by atoms with E-state index in [0.717, 1.165) is 32.3 Å². The van der Waals surface area contributed by atoms with Gasteiger partial charge in [0.25, 0.3) is 0 Å². The largest absolute Gasteiger partial charge is 0.493 e. The third-order valence-corrected chi connectivity index (χ3v) is 4.86. The summed E-state index contributed by atoms with van der Waals surface area (Å²) >= 11 is 0. The lowest BCUT2D eigenvalue weighted by Gasteiger charge is -2.22. The lowest BCUT2D eigenvalue weighted by Crippen LogP contribution is -2.37. The highest BCUT2D eigenvalue weighted by Crippen LogP contribution is 2.34. The zero-order valence-electron chi connectivity index (χ0n) is 15.1. The van der Waals surface area contributed by atoms with Crippen molar-refractivity contribution >= 4 is 11.7 Å². The second kappa shape index (κ2) is 8.43. The van der Waals surface area contributed by atoms with Crippen molar-refractivity contribution in [2.24, 2.45) is 0 Å². The third-order valence-electron chi connectivity index (χ3n) is 4.86. The second-order valence-electron chi connectivity index (χ2n) is 6.84. The summed E-state index contributed by atoms with van der Waals surface area (Å²) < 4.78 is 17.1. The quantitative estimate of drug-likeness (QED) is 0.852. The van der Waals surface area contributed by atoms with Crippen molar-refractivity contribution in [3.05, 3.63) is 18.2 Å². The highest BCUT2D eigenvalue weighted by atomic mass is 16.5. The van der Waals surface area contributed by atoms with Crippen molar-refractivity contribution < 1.29 is 19.0 Å². The Hall–Kier alpha value is -1.95. The van der Waals surface area contributed by atoms with Gasteiger partial charge in [0.2, 0.25) is 0 Å². The molecule has 1 N–H and O–H groups in total. The van der Waals surface area contributed by atoms with Crippen molar-refractivity contribution in [2.45, 2.75) is 50.7 Å². The number of amides is 2. The first-order valence-corrected chi connectivity index (χ1v) is 9.14. The molecule has 0 spiro atoms. The molecule has 1 saturated carbocycles. The normalized spacial score (nSPS) is 20.5. The summed E-state index contributed by atoms with van der Waals surface area (Å²) in [5.41, 5.74) is 0.706. The summed E-state index contributed by atoms with van der Waals surface area (Å²) in [5.74, 6) is 1.38. The molecule has 3 rings (SSSR count). The highest BCUT2D eigenvalue weighted by Gasteiger charge is 2.21. The smallest absolute Gasteiger partial charge is 0.321 e. The summed E-state index contributed by atoms with van der Waals surface area (Å²) in [6, 6.07) is 5.36. The number of nitrogens with zero attached hydrogens (tertiary/aromatic N) is 1. The van der Waals surface area contributed by atoms with E-state index in [-0.39, 0.29) is 18.2 Å². The lowest BCUT2D eigenvalue weighted by atomic mass is 10.2. The fourth-order valence-corrected chi connectivity index (χ4v) is 3.43. The molecule has 0 radical (unpaired) electrons. The van der Waals surface area contributed by atoms with Gasteiger partial charge in [0.1, 0.15) is 0 Å². The SMILES string of the molecule is COc1ccc(NC(=O)N(C)C[C@H]2CCCO2)cc1OC1CCCC1. The molecule has 0 aromatic heterocycles. The average molecular weight is 348 g/mol. The second-order valence-corrected chi connectivity index (χ2v) is 6.84. The van der Waals surface area contributed by atoms with Crippen LogP contribution in [-0.4, -0.2) is 50.4 Å². The van der Waals surface area contributed by atoms with Crippen LogP contribution in [0.4, 0.5) is 10.5 Å². The molecule has 6 heteroatoms. The van der Waals surface area contributed by atoms with Crippen LogP contribution in [0.1, 0.15) is 38.5 Å². The van der Waals surface area contributed by atoms with Crippen LogP contribution in [0.3, 0.4) is 0 Å². The molecule has 1 saturated heterocycles. The Morgan fingerprint density at radius 1 is 1.24 bits per heavy atom. The van der Waals surface area contributed by atoms with E-state index < -0.39 is 0 Å². The van der Waals surface area contributed by atoms with E-state index in [2.05, 4.69) is 5.32 Å². The van der Waals surface area contributed by atoms with E-state index in [0.29, 0.717) is 23.7 Å². The molecule has 6 nitrogen and oxygen atoms in total. The van der Waals surface area contributed by atoms with Gasteiger partial charge in [-0.15, -0.1) is 0 Å². The van der Waals surface area contributed by atoms with E-state index in [9.17, 15) is 4.79 Å². The van der Waals surface area contributed by atoms with Gasteiger partial charge in [-0.3, -0.25) is 0 Å². The Bertz CT molecular complexity index is 581. The van der Waals surface area contributed by atoms with Crippen molar-refractivity contribution in [3.63, 3.8) is 0 Å². The van der Waals surface area contributed by atoms with Gasteiger partial charge in [0.15, 0.2) is 11.5 Å². The standard InChI is InChI=1S/C19H28N2O4/c1-21(13-16-8-5-11-24-16)19(22)20-14-9-10-17(23-2)18(12-14)25-15-6-3-4-7-15/h9-10,12,15-16H,3-8,11,13H2,1-2H3,(H,20,22)/t16-/m1/s1. The number of rotatable bonds is 6. The molecule has 2 fully saturated rings. The first kappa shape index (κ1) is 17.9. The first-order valence-electron chi connectivity index (χ1n) is 9.14. The molecule has 1 atom stereocenters. The number of nitrogens with one attached hydrogen (secondary N) is 1. The third kappa shape index (κ3) is 4.78. The molecule has 1 aliphatic carbocycles. The molecule has 0 bridgehead atoms. The molecule has 0 unspecified atom stereocenters. The van der Waals surface area contributed by atoms with Crippen LogP contribution < -0.4 is 14.8 Å². The van der Waals surface area contributed by atoms with Gasteiger partial charge < -0.3 is 24.4 Å². The molecular formula is C19H28N2O4. The van der Waals surface area contributed by atoms with Crippen molar-refractivity contribution in [1.29, 1.82) is 0 Å². The minimum absolute atomic E-state index is 0.146. The Morgan fingerprint density at radius 2 is 2.04 bits per heavy atom. The van der Waals surface area contributed by atoms with Gasteiger partial charge in [-0.05, 0) is 50.7 Å².